The van der Waals surface area contributed by atoms with E-state index in [9.17, 15) is 9.59 Å². The second kappa shape index (κ2) is 6.03. The van der Waals surface area contributed by atoms with Crippen molar-refractivity contribution in [3.8, 4) is 0 Å². The van der Waals surface area contributed by atoms with Crippen LogP contribution in [0.25, 0.3) is 0 Å². The first-order valence-corrected chi connectivity index (χ1v) is 6.95. The van der Waals surface area contributed by atoms with Crippen molar-refractivity contribution in [2.24, 2.45) is 5.92 Å². The molecule has 6 nitrogen and oxygen atoms in total. The Bertz CT molecular complexity index is 544. The summed E-state index contributed by atoms with van der Waals surface area (Å²) in [5.41, 5.74) is 0.763. The van der Waals surface area contributed by atoms with Crippen molar-refractivity contribution < 1.29 is 14.7 Å². The van der Waals surface area contributed by atoms with Crippen LogP contribution in [0.3, 0.4) is 0 Å². The summed E-state index contributed by atoms with van der Waals surface area (Å²) in [5.74, 6) is -2.03. The topological polar surface area (TPSA) is 94.2 Å². The molecular weight excluding hydrogens is 305 g/mol. The first-order chi connectivity index (χ1) is 9.41. The lowest BCUT2D eigenvalue weighted by Gasteiger charge is -2.29. The summed E-state index contributed by atoms with van der Waals surface area (Å²) in [6.07, 6.45) is 0.549. The third kappa shape index (κ3) is 2.92. The van der Waals surface area contributed by atoms with Gasteiger partial charge < -0.3 is 20.7 Å². The molecule has 1 saturated heterocycles. The molecule has 4 N–H and O–H groups in total. The maximum Gasteiger partial charge on any atom is 0.309 e. The van der Waals surface area contributed by atoms with Crippen LogP contribution in [0.4, 0.5) is 0 Å². The molecule has 2 rings (SSSR count). The third-order valence-corrected chi connectivity index (χ3v) is 4.34. The van der Waals surface area contributed by atoms with E-state index in [2.05, 4.69) is 15.6 Å². The van der Waals surface area contributed by atoms with Gasteiger partial charge in [-0.15, -0.1) is 0 Å². The van der Waals surface area contributed by atoms with Gasteiger partial charge in [0.2, 0.25) is 0 Å². The molecule has 8 heteroatoms. The predicted octanol–water partition coefficient (Wildman–Crippen LogP) is 1.42. The van der Waals surface area contributed by atoms with Gasteiger partial charge in [-0.25, -0.2) is 0 Å². The Hall–Kier alpha value is -1.24. The van der Waals surface area contributed by atoms with Gasteiger partial charge in [0, 0.05) is 18.3 Å². The SMILES string of the molecule is Cc1[nH]c(C(=O)N[C@@H]2CCNC[C@@H]2C(=O)O)c(Cl)c1Cl. The summed E-state index contributed by atoms with van der Waals surface area (Å²) in [4.78, 5) is 26.1. The van der Waals surface area contributed by atoms with Crippen molar-refractivity contribution in [1.82, 2.24) is 15.6 Å². The van der Waals surface area contributed by atoms with Crippen molar-refractivity contribution in [1.29, 1.82) is 0 Å². The zero-order chi connectivity index (χ0) is 14.9. The number of piperidine rings is 1. The fourth-order valence-corrected chi connectivity index (χ4v) is 2.68. The number of aliphatic carboxylic acids is 1. The average molecular weight is 320 g/mol. The molecule has 0 unspecified atom stereocenters. The standard InChI is InChI=1S/C12H15Cl2N3O3/c1-5-8(13)9(14)10(16-5)11(18)17-7-2-3-15-4-6(7)12(19)20/h6-7,15-16H,2-4H2,1H3,(H,17,18)(H,19,20)/t6-,7+/m0/s1. The molecule has 1 aromatic heterocycles. The number of nitrogens with one attached hydrogen (secondary N) is 3. The normalized spacial score (nSPS) is 22.6. The maximum atomic E-state index is 12.2. The predicted molar refractivity (Wildman–Crippen MR) is 75.4 cm³/mol. The van der Waals surface area contributed by atoms with E-state index in [1.165, 1.54) is 0 Å². The van der Waals surface area contributed by atoms with Crippen molar-refractivity contribution in [2.45, 2.75) is 19.4 Å². The number of rotatable bonds is 3. The van der Waals surface area contributed by atoms with E-state index in [-0.39, 0.29) is 10.7 Å². The lowest BCUT2D eigenvalue weighted by molar-refractivity contribution is -0.143. The van der Waals surface area contributed by atoms with Gasteiger partial charge in [-0.1, -0.05) is 23.2 Å². The molecule has 0 radical (unpaired) electrons. The average Bonchev–Trinajstić information content (AvgIpc) is 2.67. The third-order valence-electron chi connectivity index (χ3n) is 3.40. The Morgan fingerprint density at radius 3 is 2.60 bits per heavy atom. The number of carboxylic acid groups (broad SMARTS) is 1. The van der Waals surface area contributed by atoms with Gasteiger partial charge in [0.05, 0.1) is 16.0 Å². The highest BCUT2D eigenvalue weighted by atomic mass is 35.5. The molecular formula is C12H15Cl2N3O3. The van der Waals surface area contributed by atoms with Crippen LogP contribution in [0.15, 0.2) is 0 Å². The number of aromatic amines is 1. The van der Waals surface area contributed by atoms with Gasteiger partial charge in [0.25, 0.3) is 5.91 Å². The summed E-state index contributed by atoms with van der Waals surface area (Å²) in [6.45, 7) is 2.70. The number of aromatic nitrogens is 1. The molecule has 0 aliphatic carbocycles. The Morgan fingerprint density at radius 1 is 1.35 bits per heavy atom. The minimum Gasteiger partial charge on any atom is -0.481 e. The molecule has 0 aromatic carbocycles. The molecule has 110 valence electrons. The van der Waals surface area contributed by atoms with Crippen molar-refractivity contribution in [3.63, 3.8) is 0 Å². The van der Waals surface area contributed by atoms with Crippen LogP contribution in [-0.4, -0.2) is 41.1 Å². The molecule has 0 bridgehead atoms. The number of carbonyl (C=O) groups excluding carboxylic acids is 1. The number of carboxylic acids is 1. The van der Waals surface area contributed by atoms with E-state index in [0.29, 0.717) is 30.2 Å². The number of amides is 1. The van der Waals surface area contributed by atoms with Crippen LogP contribution in [0, 0.1) is 12.8 Å². The molecule has 0 saturated carbocycles. The zero-order valence-electron chi connectivity index (χ0n) is 10.8. The molecule has 1 aromatic rings. The molecule has 2 atom stereocenters. The van der Waals surface area contributed by atoms with Crippen molar-refractivity contribution in [2.75, 3.05) is 13.1 Å². The summed E-state index contributed by atoms with van der Waals surface area (Å²) >= 11 is 11.9. The van der Waals surface area contributed by atoms with E-state index in [1.54, 1.807) is 6.92 Å². The van der Waals surface area contributed by atoms with Crippen LogP contribution >= 0.6 is 23.2 Å². The number of halogens is 2. The van der Waals surface area contributed by atoms with Gasteiger partial charge in [0.1, 0.15) is 5.69 Å². The minimum atomic E-state index is -0.936. The van der Waals surface area contributed by atoms with E-state index in [1.807, 2.05) is 0 Å². The number of carbonyl (C=O) groups is 2. The first-order valence-electron chi connectivity index (χ1n) is 6.19. The van der Waals surface area contributed by atoms with Gasteiger partial charge in [-0.05, 0) is 19.9 Å². The molecule has 20 heavy (non-hydrogen) atoms. The summed E-state index contributed by atoms with van der Waals surface area (Å²) in [6, 6.07) is -0.431. The zero-order valence-corrected chi connectivity index (χ0v) is 12.3. The maximum absolute atomic E-state index is 12.2. The lowest BCUT2D eigenvalue weighted by atomic mass is 9.93. The van der Waals surface area contributed by atoms with Gasteiger partial charge >= 0.3 is 5.97 Å². The van der Waals surface area contributed by atoms with E-state index in [0.717, 1.165) is 0 Å². The van der Waals surface area contributed by atoms with Gasteiger partial charge in [-0.2, -0.15) is 0 Å². The van der Waals surface area contributed by atoms with Crippen LogP contribution in [0.5, 0.6) is 0 Å². The van der Waals surface area contributed by atoms with Gasteiger partial charge in [0.15, 0.2) is 0 Å². The fourth-order valence-electron chi connectivity index (χ4n) is 2.26. The van der Waals surface area contributed by atoms with Crippen molar-refractivity contribution >= 4 is 35.1 Å². The summed E-state index contributed by atoms with van der Waals surface area (Å²) in [5, 5.41) is 15.3. The molecule has 1 aliphatic heterocycles. The van der Waals surface area contributed by atoms with Gasteiger partial charge in [-0.3, -0.25) is 9.59 Å². The fraction of sp³-hybridized carbons (Fsp3) is 0.500. The first kappa shape index (κ1) is 15.2. The van der Waals surface area contributed by atoms with Crippen LogP contribution in [-0.2, 0) is 4.79 Å². The highest BCUT2D eigenvalue weighted by Crippen LogP contribution is 2.29. The highest BCUT2D eigenvalue weighted by molar-refractivity contribution is 6.44. The van der Waals surface area contributed by atoms with Crippen LogP contribution < -0.4 is 10.6 Å². The summed E-state index contributed by atoms with van der Waals surface area (Å²) in [7, 11) is 0. The molecule has 1 fully saturated rings. The molecule has 0 spiro atoms. The monoisotopic (exact) mass is 319 g/mol. The van der Waals surface area contributed by atoms with Crippen molar-refractivity contribution in [3.05, 3.63) is 21.4 Å². The van der Waals surface area contributed by atoms with E-state index in [4.69, 9.17) is 28.3 Å². The summed E-state index contributed by atoms with van der Waals surface area (Å²) < 4.78 is 0. The minimum absolute atomic E-state index is 0.155. The second-order valence-corrected chi connectivity index (χ2v) is 5.53. The largest absolute Gasteiger partial charge is 0.481 e. The second-order valence-electron chi connectivity index (χ2n) is 4.77. The Morgan fingerprint density at radius 2 is 2.05 bits per heavy atom. The Balaban J connectivity index is 2.13. The Kier molecular flexibility index (Phi) is 4.57. The Labute approximate surface area is 125 Å². The number of hydrogen-bond donors (Lipinski definition) is 4. The quantitative estimate of drug-likeness (QED) is 0.677. The smallest absolute Gasteiger partial charge is 0.309 e. The molecule has 1 amide bonds. The number of hydrogen-bond acceptors (Lipinski definition) is 3. The van der Waals surface area contributed by atoms with E-state index >= 15 is 0 Å². The highest BCUT2D eigenvalue weighted by Gasteiger charge is 2.32. The van der Waals surface area contributed by atoms with E-state index < -0.39 is 23.8 Å². The number of H-pyrrole nitrogens is 1. The van der Waals surface area contributed by atoms with Crippen LogP contribution in [0.1, 0.15) is 22.6 Å². The molecule has 1 aliphatic rings. The van der Waals surface area contributed by atoms with Crippen LogP contribution in [0.2, 0.25) is 10.0 Å². The number of aryl methyl sites for hydroxylation is 1. The molecule has 2 heterocycles. The lowest BCUT2D eigenvalue weighted by Crippen LogP contribution is -2.52.